The lowest BCUT2D eigenvalue weighted by atomic mass is 10.0. The number of rotatable bonds is 9. The van der Waals surface area contributed by atoms with Gasteiger partial charge in [-0.3, -0.25) is 9.59 Å². The minimum atomic E-state index is -0.741. The van der Waals surface area contributed by atoms with E-state index in [4.69, 9.17) is 0 Å². The molecular weight excluding hydrogens is 439 g/mol. The minimum Gasteiger partial charge on any atom is -0.352 e. The molecule has 5 heteroatoms. The molecule has 1 saturated carbocycles. The Kier molecular flexibility index (Phi) is 8.30. The Hall–Kier alpha value is -3.47. The maximum Gasteiger partial charge on any atom is 0.243 e. The molecule has 35 heavy (non-hydrogen) atoms. The molecule has 1 fully saturated rings. The van der Waals surface area contributed by atoms with E-state index in [2.05, 4.69) is 5.32 Å². The first-order chi connectivity index (χ1) is 17.0. The summed E-state index contributed by atoms with van der Waals surface area (Å²) in [6, 6.07) is 23.3. The molecule has 3 aromatic rings. The van der Waals surface area contributed by atoms with Gasteiger partial charge in [-0.25, -0.2) is 4.39 Å². The number of amides is 2. The van der Waals surface area contributed by atoms with Crippen LogP contribution in [0.25, 0.3) is 0 Å². The molecule has 4 nitrogen and oxygen atoms in total. The smallest absolute Gasteiger partial charge is 0.243 e. The first kappa shape index (κ1) is 24.6. The Bertz CT molecular complexity index is 1140. The predicted octanol–water partition coefficient (Wildman–Crippen LogP) is 5.38. The van der Waals surface area contributed by atoms with Crippen molar-refractivity contribution in [2.45, 2.75) is 64.1 Å². The molecule has 1 N–H and O–H groups in total. The third-order valence-corrected chi connectivity index (χ3v) is 6.71. The minimum absolute atomic E-state index is 0.0346. The maximum absolute atomic E-state index is 14.7. The summed E-state index contributed by atoms with van der Waals surface area (Å²) in [5.74, 6) is -0.744. The fourth-order valence-electron chi connectivity index (χ4n) is 4.83. The van der Waals surface area contributed by atoms with E-state index in [1.165, 1.54) is 6.07 Å². The molecule has 1 aliphatic carbocycles. The van der Waals surface area contributed by atoms with Crippen LogP contribution in [0.5, 0.6) is 0 Å². The van der Waals surface area contributed by atoms with Crippen molar-refractivity contribution in [3.8, 4) is 0 Å². The van der Waals surface area contributed by atoms with Crippen molar-refractivity contribution in [2.75, 3.05) is 0 Å². The zero-order chi connectivity index (χ0) is 24.6. The van der Waals surface area contributed by atoms with Crippen LogP contribution in [-0.4, -0.2) is 28.8 Å². The van der Waals surface area contributed by atoms with Crippen LogP contribution in [0, 0.1) is 12.7 Å². The SMILES string of the molecule is Cc1cccc(CC(=O)N(Cc2ccccc2F)[C@H](Cc2ccccc2)C(=O)NC2CCCC2)c1. The molecule has 0 heterocycles. The Morgan fingerprint density at radius 2 is 1.63 bits per heavy atom. The first-order valence-electron chi connectivity index (χ1n) is 12.4. The van der Waals surface area contributed by atoms with Crippen molar-refractivity contribution in [3.63, 3.8) is 0 Å². The van der Waals surface area contributed by atoms with Crippen molar-refractivity contribution in [2.24, 2.45) is 0 Å². The van der Waals surface area contributed by atoms with Gasteiger partial charge in [-0.05, 0) is 37.0 Å². The van der Waals surface area contributed by atoms with Gasteiger partial charge >= 0.3 is 0 Å². The quantitative estimate of drug-likeness (QED) is 0.455. The van der Waals surface area contributed by atoms with Gasteiger partial charge in [0.15, 0.2) is 0 Å². The summed E-state index contributed by atoms with van der Waals surface area (Å²) >= 11 is 0. The number of halogens is 1. The Morgan fingerprint density at radius 3 is 2.34 bits per heavy atom. The number of carbonyl (C=O) groups is 2. The number of nitrogens with one attached hydrogen (secondary N) is 1. The highest BCUT2D eigenvalue weighted by Crippen LogP contribution is 2.21. The highest BCUT2D eigenvalue weighted by molar-refractivity contribution is 5.89. The van der Waals surface area contributed by atoms with E-state index in [1.807, 2.05) is 61.5 Å². The van der Waals surface area contributed by atoms with Gasteiger partial charge in [0.1, 0.15) is 11.9 Å². The highest BCUT2D eigenvalue weighted by atomic mass is 19.1. The molecule has 2 amide bonds. The molecule has 1 aliphatic rings. The van der Waals surface area contributed by atoms with Crippen molar-refractivity contribution in [1.29, 1.82) is 0 Å². The molecular formula is C30H33FN2O2. The second-order valence-electron chi connectivity index (χ2n) is 9.47. The number of hydrogen-bond donors (Lipinski definition) is 1. The van der Waals surface area contributed by atoms with E-state index in [-0.39, 0.29) is 36.6 Å². The number of hydrogen-bond acceptors (Lipinski definition) is 2. The second-order valence-corrected chi connectivity index (χ2v) is 9.47. The average molecular weight is 473 g/mol. The van der Waals surface area contributed by atoms with Crippen LogP contribution in [0.3, 0.4) is 0 Å². The number of carbonyl (C=O) groups excluding carboxylic acids is 2. The van der Waals surface area contributed by atoms with E-state index >= 15 is 0 Å². The lowest BCUT2D eigenvalue weighted by molar-refractivity contribution is -0.141. The lowest BCUT2D eigenvalue weighted by Gasteiger charge is -2.32. The third-order valence-electron chi connectivity index (χ3n) is 6.71. The fourth-order valence-corrected chi connectivity index (χ4v) is 4.83. The fraction of sp³-hybridized carbons (Fsp3) is 0.333. The third kappa shape index (κ3) is 6.78. The van der Waals surface area contributed by atoms with Crippen LogP contribution >= 0.6 is 0 Å². The molecule has 1 atom stereocenters. The van der Waals surface area contributed by atoms with Crippen LogP contribution < -0.4 is 5.32 Å². The van der Waals surface area contributed by atoms with Gasteiger partial charge in [0, 0.05) is 24.6 Å². The standard InChI is InChI=1S/C30H33FN2O2/c1-22-10-9-13-24(18-22)20-29(34)33(21-25-14-5-8-17-27(25)31)28(19-23-11-3-2-4-12-23)30(35)32-26-15-6-7-16-26/h2-5,8-14,17-18,26,28H,6-7,15-16,19-21H2,1H3,(H,32,35)/t28-/m1/s1. The molecule has 0 radical (unpaired) electrons. The molecule has 0 aromatic heterocycles. The average Bonchev–Trinajstić information content (AvgIpc) is 3.36. The number of benzene rings is 3. The van der Waals surface area contributed by atoms with Crippen molar-refractivity contribution >= 4 is 11.8 Å². The predicted molar refractivity (Wildman–Crippen MR) is 136 cm³/mol. The summed E-state index contributed by atoms with van der Waals surface area (Å²) in [6.45, 7) is 2.02. The van der Waals surface area contributed by atoms with Gasteiger partial charge in [0.25, 0.3) is 0 Å². The van der Waals surface area contributed by atoms with Gasteiger partial charge in [0.2, 0.25) is 11.8 Å². The summed E-state index contributed by atoms with van der Waals surface area (Å²) in [7, 11) is 0. The molecule has 0 bridgehead atoms. The van der Waals surface area contributed by atoms with Crippen LogP contribution in [-0.2, 0) is 29.0 Å². The van der Waals surface area contributed by atoms with E-state index in [0.717, 1.165) is 42.4 Å². The van der Waals surface area contributed by atoms with Crippen LogP contribution in [0.15, 0.2) is 78.9 Å². The molecule has 0 aliphatic heterocycles. The Morgan fingerprint density at radius 1 is 0.943 bits per heavy atom. The van der Waals surface area contributed by atoms with Gasteiger partial charge in [-0.2, -0.15) is 0 Å². The second kappa shape index (κ2) is 11.8. The van der Waals surface area contributed by atoms with E-state index < -0.39 is 6.04 Å². The summed E-state index contributed by atoms with van der Waals surface area (Å²) in [5, 5.41) is 3.18. The molecule has 182 valence electrons. The van der Waals surface area contributed by atoms with Crippen LogP contribution in [0.2, 0.25) is 0 Å². The first-order valence-corrected chi connectivity index (χ1v) is 12.4. The van der Waals surface area contributed by atoms with Crippen molar-refractivity contribution in [1.82, 2.24) is 10.2 Å². The summed E-state index contributed by atoms with van der Waals surface area (Å²) in [4.78, 5) is 28.9. The highest BCUT2D eigenvalue weighted by Gasteiger charge is 2.32. The number of aryl methyl sites for hydroxylation is 1. The molecule has 0 unspecified atom stereocenters. The maximum atomic E-state index is 14.7. The van der Waals surface area contributed by atoms with Crippen molar-refractivity contribution in [3.05, 3.63) is 107 Å². The Balaban J connectivity index is 1.67. The number of nitrogens with zero attached hydrogens (tertiary/aromatic N) is 1. The van der Waals surface area contributed by atoms with Crippen molar-refractivity contribution < 1.29 is 14.0 Å². The zero-order valence-electron chi connectivity index (χ0n) is 20.3. The normalized spacial score (nSPS) is 14.5. The van der Waals surface area contributed by atoms with Gasteiger partial charge in [0.05, 0.1) is 6.42 Å². The molecule has 4 rings (SSSR count). The zero-order valence-corrected chi connectivity index (χ0v) is 20.3. The van der Waals surface area contributed by atoms with Crippen LogP contribution in [0.1, 0.15) is 47.9 Å². The lowest BCUT2D eigenvalue weighted by Crippen LogP contribution is -2.52. The van der Waals surface area contributed by atoms with Crippen LogP contribution in [0.4, 0.5) is 4.39 Å². The molecule has 3 aromatic carbocycles. The molecule has 0 saturated heterocycles. The van der Waals surface area contributed by atoms with E-state index in [0.29, 0.717) is 12.0 Å². The molecule has 0 spiro atoms. The van der Waals surface area contributed by atoms with E-state index in [9.17, 15) is 14.0 Å². The van der Waals surface area contributed by atoms with Gasteiger partial charge in [-0.15, -0.1) is 0 Å². The summed E-state index contributed by atoms with van der Waals surface area (Å²) in [5.41, 5.74) is 3.30. The topological polar surface area (TPSA) is 49.4 Å². The Labute approximate surface area is 207 Å². The van der Waals surface area contributed by atoms with E-state index in [1.54, 1.807) is 23.1 Å². The monoisotopic (exact) mass is 472 g/mol. The summed E-state index contributed by atoms with van der Waals surface area (Å²) in [6.07, 6.45) is 4.62. The largest absolute Gasteiger partial charge is 0.352 e. The summed E-state index contributed by atoms with van der Waals surface area (Å²) < 4.78 is 14.7. The van der Waals surface area contributed by atoms with Gasteiger partial charge < -0.3 is 10.2 Å². The van der Waals surface area contributed by atoms with Gasteiger partial charge in [-0.1, -0.05) is 91.2 Å².